The average Bonchev–Trinajstić information content (AvgIpc) is 2.39. The maximum Gasteiger partial charge on any atom is 0.389 e. The quantitative estimate of drug-likeness (QED) is 0.346. The Labute approximate surface area is 136 Å². The van der Waals surface area contributed by atoms with Gasteiger partial charge >= 0.3 is 6.18 Å². The molecule has 23 heavy (non-hydrogen) atoms. The first-order valence-electron chi connectivity index (χ1n) is 7.94. The normalized spacial score (nSPS) is 13.3. The van der Waals surface area contributed by atoms with Gasteiger partial charge in [-0.25, -0.2) is 12.8 Å². The Morgan fingerprint density at radius 2 is 1.26 bits per heavy atom. The molecule has 0 spiro atoms. The standard InChI is InChI=1S/C12H22F4O3S.C2H7N/c13-11(20(17,18)19)9-7-5-3-1-2-4-6-8-10-12(14,15)16;1-3-2/h11H,1-10H2,(H,17,18,19);3H,1-2H3. The van der Waals surface area contributed by atoms with Gasteiger partial charge < -0.3 is 9.87 Å². The lowest BCUT2D eigenvalue weighted by atomic mass is 10.1. The molecule has 0 rings (SSSR count). The van der Waals surface area contributed by atoms with Gasteiger partial charge in [-0.2, -0.15) is 13.2 Å². The maximum atomic E-state index is 12.7. The fourth-order valence-corrected chi connectivity index (χ4v) is 2.29. The second-order valence-electron chi connectivity index (χ2n) is 5.46. The minimum atomic E-state index is -4.83. The van der Waals surface area contributed by atoms with E-state index in [4.69, 9.17) is 0 Å². The molecule has 0 fully saturated rings. The Bertz CT molecular complexity index is 362. The Morgan fingerprint density at radius 3 is 1.61 bits per heavy atom. The third-order valence-electron chi connectivity index (χ3n) is 2.95. The van der Waals surface area contributed by atoms with E-state index >= 15 is 0 Å². The third kappa shape index (κ3) is 21.6. The second-order valence-corrected chi connectivity index (χ2v) is 6.96. The van der Waals surface area contributed by atoms with Gasteiger partial charge in [-0.3, -0.25) is 0 Å². The van der Waals surface area contributed by atoms with E-state index in [0.29, 0.717) is 19.3 Å². The van der Waals surface area contributed by atoms with Crippen molar-refractivity contribution >= 4 is 10.1 Å². The summed E-state index contributed by atoms with van der Waals surface area (Å²) in [6, 6.07) is 0. The fraction of sp³-hybridized carbons (Fsp3) is 1.00. The number of nitrogens with two attached hydrogens (primary N) is 1. The topological polar surface area (TPSA) is 73.8 Å². The number of quaternary nitrogens is 1. The van der Waals surface area contributed by atoms with Crippen LogP contribution in [0.5, 0.6) is 0 Å². The summed E-state index contributed by atoms with van der Waals surface area (Å²) in [7, 11) is -0.831. The van der Waals surface area contributed by atoms with Gasteiger partial charge in [0.15, 0.2) is 5.50 Å². The summed E-state index contributed by atoms with van der Waals surface area (Å²) in [5, 5.41) is 2.00. The summed E-state index contributed by atoms with van der Waals surface area (Å²) in [5.74, 6) is 0. The Morgan fingerprint density at radius 1 is 0.913 bits per heavy atom. The van der Waals surface area contributed by atoms with Gasteiger partial charge in [-0.15, -0.1) is 0 Å². The van der Waals surface area contributed by atoms with E-state index in [9.17, 15) is 30.5 Å². The van der Waals surface area contributed by atoms with Crippen LogP contribution in [0.3, 0.4) is 0 Å². The number of rotatable bonds is 11. The maximum absolute atomic E-state index is 12.7. The van der Waals surface area contributed by atoms with Crippen molar-refractivity contribution in [2.45, 2.75) is 75.9 Å². The zero-order valence-corrected chi connectivity index (χ0v) is 14.7. The number of hydrogen-bond donors (Lipinski definition) is 1. The Hall–Kier alpha value is -0.410. The molecule has 0 aliphatic carbocycles. The molecule has 0 amide bonds. The summed E-state index contributed by atoms with van der Waals surface area (Å²) < 4.78 is 79.0. The molecule has 0 aromatic heterocycles. The monoisotopic (exact) mass is 367 g/mol. The van der Waals surface area contributed by atoms with Gasteiger partial charge in [0.1, 0.15) is 10.1 Å². The summed E-state index contributed by atoms with van der Waals surface area (Å²) >= 11 is 0. The van der Waals surface area contributed by atoms with Crippen molar-refractivity contribution in [3.63, 3.8) is 0 Å². The van der Waals surface area contributed by atoms with Crippen LogP contribution < -0.4 is 5.32 Å². The number of alkyl halides is 4. The first-order chi connectivity index (χ1) is 10.5. The van der Waals surface area contributed by atoms with Crippen molar-refractivity contribution in [2.75, 3.05) is 14.1 Å². The van der Waals surface area contributed by atoms with Crippen LogP contribution in [0, 0.1) is 0 Å². The molecule has 1 atom stereocenters. The van der Waals surface area contributed by atoms with E-state index in [1.165, 1.54) is 0 Å². The number of hydrogen-bond acceptors (Lipinski definition) is 3. The molecule has 142 valence electrons. The highest BCUT2D eigenvalue weighted by atomic mass is 32.2. The van der Waals surface area contributed by atoms with Crippen LogP contribution in [-0.2, 0) is 10.1 Å². The highest BCUT2D eigenvalue weighted by Crippen LogP contribution is 2.23. The van der Waals surface area contributed by atoms with Crippen molar-refractivity contribution in [3.05, 3.63) is 0 Å². The smallest absolute Gasteiger partial charge is 0.389 e. The molecule has 0 saturated heterocycles. The fourth-order valence-electron chi connectivity index (χ4n) is 1.84. The van der Waals surface area contributed by atoms with E-state index in [0.717, 1.165) is 25.7 Å². The summed E-state index contributed by atoms with van der Waals surface area (Å²) in [4.78, 5) is 0. The molecule has 0 aliphatic rings. The van der Waals surface area contributed by atoms with Gasteiger partial charge in [0.05, 0.1) is 14.1 Å². The van der Waals surface area contributed by atoms with Gasteiger partial charge in [-0.1, -0.05) is 38.5 Å². The van der Waals surface area contributed by atoms with E-state index in [2.05, 4.69) is 0 Å². The van der Waals surface area contributed by atoms with E-state index in [1.807, 2.05) is 19.4 Å². The first kappa shape index (κ1) is 24.8. The lowest BCUT2D eigenvalue weighted by Gasteiger charge is -2.11. The lowest BCUT2D eigenvalue weighted by Crippen LogP contribution is -2.74. The SMILES string of the molecule is C[NH2+]C.O=S(=O)([O-])C(F)CCCCCCCCCCC(F)(F)F. The summed E-state index contributed by atoms with van der Waals surface area (Å²) in [6.45, 7) is 0. The van der Waals surface area contributed by atoms with Crippen LogP contribution in [-0.4, -0.2) is 38.7 Å². The van der Waals surface area contributed by atoms with Gasteiger partial charge in [0, 0.05) is 6.42 Å². The molecule has 1 unspecified atom stereocenters. The predicted molar refractivity (Wildman–Crippen MR) is 80.6 cm³/mol. The zero-order chi connectivity index (χ0) is 18.4. The minimum absolute atomic E-state index is 0.147. The van der Waals surface area contributed by atoms with Crippen LogP contribution >= 0.6 is 0 Å². The molecular formula is C14H29F4NO3S. The predicted octanol–water partition coefficient (Wildman–Crippen LogP) is 3.10. The molecule has 9 heteroatoms. The lowest BCUT2D eigenvalue weighted by molar-refractivity contribution is -0.597. The number of unbranched alkanes of at least 4 members (excludes halogenated alkanes) is 7. The molecule has 0 aromatic carbocycles. The number of halogens is 4. The van der Waals surface area contributed by atoms with E-state index in [-0.39, 0.29) is 12.8 Å². The van der Waals surface area contributed by atoms with E-state index in [1.54, 1.807) is 0 Å². The van der Waals surface area contributed by atoms with Crippen LogP contribution in [0.15, 0.2) is 0 Å². The molecule has 0 saturated carbocycles. The van der Waals surface area contributed by atoms with Crippen molar-refractivity contribution < 1.29 is 35.8 Å². The van der Waals surface area contributed by atoms with E-state index < -0.39 is 28.2 Å². The average molecular weight is 367 g/mol. The summed E-state index contributed by atoms with van der Waals surface area (Å²) in [5.41, 5.74) is -2.33. The van der Waals surface area contributed by atoms with Gasteiger partial charge in [-0.05, 0) is 19.3 Å². The highest BCUT2D eigenvalue weighted by Gasteiger charge is 2.25. The van der Waals surface area contributed by atoms with Crippen LogP contribution in [0.25, 0.3) is 0 Å². The molecule has 0 bridgehead atoms. The van der Waals surface area contributed by atoms with Crippen LogP contribution in [0.1, 0.15) is 64.2 Å². The summed E-state index contributed by atoms with van der Waals surface area (Å²) in [6.07, 6.45) is -0.313. The zero-order valence-electron chi connectivity index (χ0n) is 13.9. The molecule has 0 aliphatic heterocycles. The van der Waals surface area contributed by atoms with Crippen molar-refractivity contribution in [1.29, 1.82) is 0 Å². The van der Waals surface area contributed by atoms with Crippen molar-refractivity contribution in [2.24, 2.45) is 0 Å². The van der Waals surface area contributed by atoms with Gasteiger partial charge in [0.25, 0.3) is 0 Å². The molecule has 0 heterocycles. The molecule has 0 radical (unpaired) electrons. The largest absolute Gasteiger partial charge is 0.746 e. The molecule has 4 nitrogen and oxygen atoms in total. The Kier molecular flexibility index (Phi) is 15.1. The van der Waals surface area contributed by atoms with Crippen molar-refractivity contribution in [1.82, 2.24) is 0 Å². The first-order valence-corrected chi connectivity index (χ1v) is 9.41. The van der Waals surface area contributed by atoms with Gasteiger partial charge in [0.2, 0.25) is 0 Å². The second kappa shape index (κ2) is 14.0. The molecule has 0 aromatic rings. The molecule has 2 N–H and O–H groups in total. The highest BCUT2D eigenvalue weighted by molar-refractivity contribution is 7.86. The Balaban J connectivity index is 0. The third-order valence-corrected chi connectivity index (χ3v) is 3.82. The van der Waals surface area contributed by atoms with Crippen molar-refractivity contribution in [3.8, 4) is 0 Å². The minimum Gasteiger partial charge on any atom is -0.746 e. The van der Waals surface area contributed by atoms with Crippen LogP contribution in [0.2, 0.25) is 0 Å². The van der Waals surface area contributed by atoms with Crippen LogP contribution in [0.4, 0.5) is 17.6 Å². The molecular weight excluding hydrogens is 338 g/mol.